The van der Waals surface area contributed by atoms with Crippen LogP contribution in [-0.4, -0.2) is 25.3 Å². The van der Waals surface area contributed by atoms with E-state index < -0.39 is 0 Å². The molecule has 1 heterocycles. The number of hydrogen-bond acceptors (Lipinski definition) is 3. The zero-order valence-corrected chi connectivity index (χ0v) is 10.3. The van der Waals surface area contributed by atoms with Crippen molar-refractivity contribution >= 4 is 17.4 Å². The highest BCUT2D eigenvalue weighted by atomic mass is 35.5. The second-order valence-electron chi connectivity index (χ2n) is 4.04. The second kappa shape index (κ2) is 6.15. The van der Waals surface area contributed by atoms with Gasteiger partial charge in [0.25, 0.3) is 0 Å². The molecule has 1 atom stereocenters. The van der Waals surface area contributed by atoms with Gasteiger partial charge in [0.1, 0.15) is 6.61 Å². The molecule has 1 saturated heterocycles. The zero-order chi connectivity index (χ0) is 12.1. The largest absolute Gasteiger partial charge is 0.353 e. The lowest BCUT2D eigenvalue weighted by Gasteiger charge is -2.22. The third-order valence-electron chi connectivity index (χ3n) is 2.70. The van der Waals surface area contributed by atoms with Crippen LogP contribution in [0.3, 0.4) is 0 Å². The Morgan fingerprint density at radius 3 is 2.76 bits per heavy atom. The summed E-state index contributed by atoms with van der Waals surface area (Å²) in [5.41, 5.74) is 0.616. The lowest BCUT2D eigenvalue weighted by atomic mass is 10.1. The van der Waals surface area contributed by atoms with Gasteiger partial charge in [0.15, 0.2) is 12.1 Å². The van der Waals surface area contributed by atoms with Crippen molar-refractivity contribution in [2.24, 2.45) is 0 Å². The Hall–Kier alpha value is -0.900. The van der Waals surface area contributed by atoms with Crippen molar-refractivity contribution in [2.45, 2.75) is 25.6 Å². The van der Waals surface area contributed by atoms with Crippen LogP contribution in [0.2, 0.25) is 5.02 Å². The molecule has 0 bridgehead atoms. The van der Waals surface area contributed by atoms with E-state index in [1.165, 1.54) is 0 Å². The quantitative estimate of drug-likeness (QED) is 0.775. The van der Waals surface area contributed by atoms with Gasteiger partial charge < -0.3 is 9.47 Å². The number of halogens is 1. The molecule has 0 radical (unpaired) electrons. The Balaban J connectivity index is 1.82. The summed E-state index contributed by atoms with van der Waals surface area (Å²) in [6.45, 7) is 0.784. The summed E-state index contributed by atoms with van der Waals surface area (Å²) >= 11 is 5.75. The van der Waals surface area contributed by atoms with Crippen LogP contribution in [0.4, 0.5) is 0 Å². The summed E-state index contributed by atoms with van der Waals surface area (Å²) in [6, 6.07) is 6.81. The fraction of sp³-hybridized carbons (Fsp3) is 0.462. The summed E-state index contributed by atoms with van der Waals surface area (Å²) in [5, 5.41) is 0.623. The molecule has 0 spiro atoms. The van der Waals surface area contributed by atoms with Crippen LogP contribution in [0.1, 0.15) is 29.6 Å². The maximum absolute atomic E-state index is 11.8. The smallest absolute Gasteiger partial charge is 0.188 e. The normalized spacial score (nSPS) is 20.2. The fourth-order valence-electron chi connectivity index (χ4n) is 1.73. The van der Waals surface area contributed by atoms with Gasteiger partial charge in [0.05, 0.1) is 0 Å². The average molecular weight is 255 g/mol. The maximum atomic E-state index is 11.8. The highest BCUT2D eigenvalue weighted by molar-refractivity contribution is 6.30. The van der Waals surface area contributed by atoms with E-state index in [9.17, 15) is 4.79 Å². The molecule has 1 aliphatic heterocycles. The first kappa shape index (κ1) is 12.6. The van der Waals surface area contributed by atoms with Gasteiger partial charge in [0.2, 0.25) is 0 Å². The minimum Gasteiger partial charge on any atom is -0.353 e. The molecule has 92 valence electrons. The Kier molecular flexibility index (Phi) is 4.54. The molecule has 1 fully saturated rings. The van der Waals surface area contributed by atoms with Gasteiger partial charge in [-0.05, 0) is 43.5 Å². The van der Waals surface area contributed by atoms with Gasteiger partial charge in [0, 0.05) is 17.2 Å². The van der Waals surface area contributed by atoms with Crippen LogP contribution >= 0.6 is 11.6 Å². The molecule has 4 heteroatoms. The van der Waals surface area contributed by atoms with Crippen molar-refractivity contribution in [3.63, 3.8) is 0 Å². The minimum absolute atomic E-state index is 0.0455. The number of Topliss-reactive ketones (excluding diaryl/α,β-unsaturated/α-hetero) is 1. The van der Waals surface area contributed by atoms with Crippen LogP contribution < -0.4 is 0 Å². The van der Waals surface area contributed by atoms with Crippen LogP contribution in [0.25, 0.3) is 0 Å². The van der Waals surface area contributed by atoms with Crippen molar-refractivity contribution in [1.82, 2.24) is 0 Å². The van der Waals surface area contributed by atoms with Gasteiger partial charge in [-0.25, -0.2) is 0 Å². The van der Waals surface area contributed by atoms with Gasteiger partial charge in [-0.1, -0.05) is 11.6 Å². The van der Waals surface area contributed by atoms with Gasteiger partial charge in [-0.15, -0.1) is 0 Å². The van der Waals surface area contributed by atoms with Crippen molar-refractivity contribution in [2.75, 3.05) is 13.2 Å². The lowest BCUT2D eigenvalue weighted by Crippen LogP contribution is -2.25. The van der Waals surface area contributed by atoms with E-state index in [-0.39, 0.29) is 18.7 Å². The number of hydrogen-bond donors (Lipinski definition) is 0. The van der Waals surface area contributed by atoms with Gasteiger partial charge in [-0.2, -0.15) is 0 Å². The molecule has 0 N–H and O–H groups in total. The SMILES string of the molecule is O=C(COC1CCCCO1)c1ccc(Cl)cc1. The van der Waals surface area contributed by atoms with Crippen molar-refractivity contribution in [3.8, 4) is 0 Å². The predicted molar refractivity (Wildman–Crippen MR) is 65.3 cm³/mol. The van der Waals surface area contributed by atoms with Crippen molar-refractivity contribution < 1.29 is 14.3 Å². The summed E-state index contributed by atoms with van der Waals surface area (Å²) in [5.74, 6) is -0.0455. The Morgan fingerprint density at radius 2 is 2.12 bits per heavy atom. The van der Waals surface area contributed by atoms with Crippen LogP contribution in [0.15, 0.2) is 24.3 Å². The molecule has 17 heavy (non-hydrogen) atoms. The molecular weight excluding hydrogens is 240 g/mol. The van der Waals surface area contributed by atoms with E-state index in [0.29, 0.717) is 10.6 Å². The monoisotopic (exact) mass is 254 g/mol. The van der Waals surface area contributed by atoms with E-state index in [1.54, 1.807) is 24.3 Å². The molecule has 1 aliphatic rings. The van der Waals surface area contributed by atoms with Crippen LogP contribution in [0.5, 0.6) is 0 Å². The molecule has 1 unspecified atom stereocenters. The summed E-state index contributed by atoms with van der Waals surface area (Å²) in [4.78, 5) is 11.8. The minimum atomic E-state index is -0.222. The van der Waals surface area contributed by atoms with E-state index in [4.69, 9.17) is 21.1 Å². The first-order valence-corrected chi connectivity index (χ1v) is 6.15. The molecule has 0 aliphatic carbocycles. The second-order valence-corrected chi connectivity index (χ2v) is 4.47. The Bertz CT molecular complexity index is 369. The number of carbonyl (C=O) groups excluding carboxylic acids is 1. The third-order valence-corrected chi connectivity index (χ3v) is 2.96. The molecule has 1 aromatic carbocycles. The molecule has 0 aromatic heterocycles. The van der Waals surface area contributed by atoms with E-state index >= 15 is 0 Å². The van der Waals surface area contributed by atoms with Crippen molar-refractivity contribution in [1.29, 1.82) is 0 Å². The summed E-state index contributed by atoms with van der Waals surface area (Å²) < 4.78 is 10.8. The van der Waals surface area contributed by atoms with Crippen molar-refractivity contribution in [3.05, 3.63) is 34.9 Å². The first-order chi connectivity index (χ1) is 8.25. The number of rotatable bonds is 4. The first-order valence-electron chi connectivity index (χ1n) is 5.78. The summed E-state index contributed by atoms with van der Waals surface area (Å²) in [6.07, 6.45) is 2.82. The highest BCUT2D eigenvalue weighted by Gasteiger charge is 2.16. The Morgan fingerprint density at radius 1 is 1.35 bits per heavy atom. The standard InChI is InChI=1S/C13H15ClO3/c14-11-6-4-10(5-7-11)12(15)9-17-13-3-1-2-8-16-13/h4-7,13H,1-3,8-9H2. The van der Waals surface area contributed by atoms with Gasteiger partial charge in [-0.3, -0.25) is 4.79 Å². The Labute approximate surface area is 106 Å². The van der Waals surface area contributed by atoms with E-state index in [0.717, 1.165) is 25.9 Å². The topological polar surface area (TPSA) is 35.5 Å². The molecule has 3 nitrogen and oxygen atoms in total. The molecule has 1 aromatic rings. The fourth-order valence-corrected chi connectivity index (χ4v) is 1.86. The molecule has 2 rings (SSSR count). The maximum Gasteiger partial charge on any atom is 0.188 e. The van der Waals surface area contributed by atoms with Gasteiger partial charge >= 0.3 is 0 Å². The number of carbonyl (C=O) groups is 1. The number of ether oxygens (including phenoxy) is 2. The molecule has 0 amide bonds. The van der Waals surface area contributed by atoms with Crippen LogP contribution in [-0.2, 0) is 9.47 Å². The van der Waals surface area contributed by atoms with E-state index in [2.05, 4.69) is 0 Å². The number of benzene rings is 1. The zero-order valence-electron chi connectivity index (χ0n) is 9.52. The average Bonchev–Trinajstić information content (AvgIpc) is 2.38. The molecular formula is C13H15ClO3. The number of ketones is 1. The van der Waals surface area contributed by atoms with E-state index in [1.807, 2.05) is 0 Å². The molecule has 0 saturated carbocycles. The highest BCUT2D eigenvalue weighted by Crippen LogP contribution is 2.15. The van der Waals surface area contributed by atoms with Crippen LogP contribution in [0, 0.1) is 0 Å². The lowest BCUT2D eigenvalue weighted by molar-refractivity contribution is -0.155. The summed E-state index contributed by atoms with van der Waals surface area (Å²) in [7, 11) is 0. The predicted octanol–water partition coefficient (Wildman–Crippen LogP) is 3.07. The third kappa shape index (κ3) is 3.80.